The van der Waals surface area contributed by atoms with E-state index in [0.29, 0.717) is 16.6 Å². The summed E-state index contributed by atoms with van der Waals surface area (Å²) < 4.78 is 0. The van der Waals surface area contributed by atoms with Crippen LogP contribution in [0.3, 0.4) is 0 Å². The Balaban J connectivity index is 1.12. The average Bonchev–Trinajstić information content (AvgIpc) is 3.56. The zero-order chi connectivity index (χ0) is 34.0. The predicted octanol–water partition coefficient (Wildman–Crippen LogP) is 7.35. The number of amides is 2. The molecule has 2 aliphatic rings. The molecule has 0 radical (unpaired) electrons. The lowest BCUT2D eigenvalue weighted by Gasteiger charge is -2.38. The first-order valence-corrected chi connectivity index (χ1v) is 17.7. The highest BCUT2D eigenvalue weighted by Gasteiger charge is 2.39. The number of carbonyl (C=O) groups is 3. The van der Waals surface area contributed by atoms with Gasteiger partial charge < -0.3 is 15.3 Å². The van der Waals surface area contributed by atoms with Gasteiger partial charge in [-0.25, -0.2) is 9.97 Å². The molecule has 8 nitrogen and oxygen atoms in total. The number of aromatic nitrogens is 2. The largest absolute Gasteiger partial charge is 0.481 e. The Bertz CT molecular complexity index is 1750. The van der Waals surface area contributed by atoms with E-state index < -0.39 is 17.9 Å². The van der Waals surface area contributed by atoms with E-state index in [4.69, 9.17) is 0 Å². The van der Waals surface area contributed by atoms with E-state index in [1.54, 1.807) is 6.07 Å². The summed E-state index contributed by atoms with van der Waals surface area (Å²) in [6.45, 7) is 8.91. The van der Waals surface area contributed by atoms with Crippen LogP contribution in [0.15, 0.2) is 73.1 Å². The lowest BCUT2D eigenvalue weighted by atomic mass is 9.79. The molecule has 1 saturated carbocycles. The van der Waals surface area contributed by atoms with Crippen molar-refractivity contribution in [3.63, 3.8) is 0 Å². The van der Waals surface area contributed by atoms with Crippen molar-refractivity contribution < 1.29 is 19.5 Å². The van der Waals surface area contributed by atoms with E-state index in [2.05, 4.69) is 67.2 Å². The molecule has 0 bridgehead atoms. The van der Waals surface area contributed by atoms with Crippen LogP contribution >= 0.6 is 11.3 Å². The molecule has 2 fully saturated rings. The minimum Gasteiger partial charge on any atom is -0.481 e. The number of carboxylic acid groups (broad SMARTS) is 1. The maximum Gasteiger partial charge on any atom is 0.310 e. The molecule has 250 valence electrons. The summed E-state index contributed by atoms with van der Waals surface area (Å²) in [6, 6.07) is 19.4. The van der Waals surface area contributed by atoms with Crippen LogP contribution in [0.5, 0.6) is 0 Å². The van der Waals surface area contributed by atoms with Gasteiger partial charge in [0.1, 0.15) is 6.04 Å². The first kappa shape index (κ1) is 33.5. The van der Waals surface area contributed by atoms with Gasteiger partial charge in [0.05, 0.1) is 10.8 Å². The molecule has 2 N–H and O–H groups in total. The molecule has 48 heavy (non-hydrogen) atoms. The van der Waals surface area contributed by atoms with Crippen molar-refractivity contribution in [1.29, 1.82) is 0 Å². The van der Waals surface area contributed by atoms with Crippen LogP contribution in [-0.2, 0) is 21.4 Å². The Morgan fingerprint density at radius 1 is 0.875 bits per heavy atom. The van der Waals surface area contributed by atoms with Gasteiger partial charge in [-0.3, -0.25) is 14.4 Å². The number of rotatable bonds is 9. The summed E-state index contributed by atoms with van der Waals surface area (Å²) in [5.74, 6) is 0.0144. The number of likely N-dealkylation sites (tertiary alicyclic amines) is 1. The minimum absolute atomic E-state index is 0.0908. The number of carboxylic acids is 1. The average molecular weight is 665 g/mol. The van der Waals surface area contributed by atoms with Crippen molar-refractivity contribution >= 4 is 29.1 Å². The van der Waals surface area contributed by atoms with Gasteiger partial charge in [-0.15, -0.1) is 11.3 Å². The maximum atomic E-state index is 13.5. The Morgan fingerprint density at radius 3 is 2.08 bits per heavy atom. The molecule has 4 aromatic rings. The smallest absolute Gasteiger partial charge is 0.310 e. The Morgan fingerprint density at radius 2 is 1.50 bits per heavy atom. The highest BCUT2D eigenvalue weighted by atomic mass is 32.1. The molecule has 1 saturated heterocycles. The van der Waals surface area contributed by atoms with Gasteiger partial charge >= 0.3 is 5.97 Å². The molecule has 1 atom stereocenters. The highest BCUT2D eigenvalue weighted by molar-refractivity contribution is 7.14. The van der Waals surface area contributed by atoms with Gasteiger partial charge in [-0.05, 0) is 58.9 Å². The first-order valence-electron chi connectivity index (χ1n) is 16.9. The number of nitrogens with one attached hydrogen (secondary N) is 1. The van der Waals surface area contributed by atoms with Gasteiger partial charge in [-0.2, -0.15) is 0 Å². The second-order valence-electron chi connectivity index (χ2n) is 14.5. The van der Waals surface area contributed by atoms with Crippen LogP contribution in [-0.4, -0.2) is 56.9 Å². The van der Waals surface area contributed by atoms with Crippen LogP contribution in [0.2, 0.25) is 0 Å². The van der Waals surface area contributed by atoms with Crippen molar-refractivity contribution in [2.24, 2.45) is 11.8 Å². The molecule has 2 amide bonds. The van der Waals surface area contributed by atoms with Crippen LogP contribution in [0.4, 0.5) is 0 Å². The van der Waals surface area contributed by atoms with Gasteiger partial charge in [0.25, 0.3) is 5.91 Å². The molecular formula is C39H44N4O4S. The fourth-order valence-electron chi connectivity index (χ4n) is 6.52. The zero-order valence-corrected chi connectivity index (χ0v) is 28.9. The zero-order valence-electron chi connectivity index (χ0n) is 28.1. The van der Waals surface area contributed by atoms with E-state index in [9.17, 15) is 19.5 Å². The van der Waals surface area contributed by atoms with Gasteiger partial charge in [0.15, 0.2) is 5.82 Å². The van der Waals surface area contributed by atoms with Crippen LogP contribution in [0, 0.1) is 11.8 Å². The minimum atomic E-state index is -0.916. The van der Waals surface area contributed by atoms with Gasteiger partial charge in [0, 0.05) is 47.9 Å². The fraction of sp³-hybridized carbons (Fsp3) is 0.410. The third kappa shape index (κ3) is 7.67. The summed E-state index contributed by atoms with van der Waals surface area (Å²) in [5, 5.41) is 12.2. The summed E-state index contributed by atoms with van der Waals surface area (Å²) in [7, 11) is 0. The van der Waals surface area contributed by atoms with Crippen molar-refractivity contribution in [2.75, 3.05) is 13.1 Å². The van der Waals surface area contributed by atoms with Crippen LogP contribution < -0.4 is 5.32 Å². The maximum absolute atomic E-state index is 13.5. The number of carbonyl (C=O) groups excluding carboxylic acids is 2. The van der Waals surface area contributed by atoms with E-state index in [0.717, 1.165) is 33.0 Å². The lowest BCUT2D eigenvalue weighted by Crippen LogP contribution is -2.59. The number of aliphatic carboxylic acids is 1. The van der Waals surface area contributed by atoms with Crippen molar-refractivity contribution in [1.82, 2.24) is 20.2 Å². The second-order valence-corrected chi connectivity index (χ2v) is 15.6. The quantitative estimate of drug-likeness (QED) is 0.194. The number of thiophene rings is 1. The SMILES string of the molecule is CC(C)(C)c1ccc(C(=O)N[C@@H](Cc2ccc(-c3ncc(-c4ccc([C@H]5CC[C@H](C)CC5)cc4)cn3)cc2)C(=O)N2CC(C(=O)O)C2)s1. The van der Waals surface area contributed by atoms with Crippen molar-refractivity contribution in [2.45, 2.75) is 77.2 Å². The number of nitrogens with zero attached hydrogens (tertiary/aromatic N) is 3. The lowest BCUT2D eigenvalue weighted by molar-refractivity contribution is -0.153. The van der Waals surface area contributed by atoms with E-state index in [1.807, 2.05) is 42.7 Å². The van der Waals surface area contributed by atoms with Gasteiger partial charge in [0.2, 0.25) is 5.91 Å². The first-order chi connectivity index (χ1) is 22.9. The third-order valence-corrected chi connectivity index (χ3v) is 11.3. The van der Waals surface area contributed by atoms with E-state index in [1.165, 1.54) is 47.5 Å². The van der Waals surface area contributed by atoms with E-state index in [-0.39, 0.29) is 36.7 Å². The molecular weight excluding hydrogens is 621 g/mol. The summed E-state index contributed by atoms with van der Waals surface area (Å²) in [4.78, 5) is 50.5. The Kier molecular flexibility index (Phi) is 9.78. The summed E-state index contributed by atoms with van der Waals surface area (Å²) in [5.41, 5.74) is 5.09. The fourth-order valence-corrected chi connectivity index (χ4v) is 7.49. The molecule has 6 rings (SSSR count). The molecule has 2 aromatic carbocycles. The summed E-state index contributed by atoms with van der Waals surface area (Å²) >= 11 is 1.42. The predicted molar refractivity (Wildman–Crippen MR) is 189 cm³/mol. The molecule has 1 aliphatic heterocycles. The Labute approximate surface area is 286 Å². The van der Waals surface area contributed by atoms with Crippen LogP contribution in [0.1, 0.15) is 85.0 Å². The molecule has 2 aromatic heterocycles. The number of hydrogen-bond acceptors (Lipinski definition) is 6. The van der Waals surface area contributed by atoms with E-state index >= 15 is 0 Å². The molecule has 1 aliphatic carbocycles. The topological polar surface area (TPSA) is 112 Å². The second kappa shape index (κ2) is 14.0. The van der Waals surface area contributed by atoms with Crippen molar-refractivity contribution in [3.05, 3.63) is 93.9 Å². The number of benzene rings is 2. The van der Waals surface area contributed by atoms with Crippen molar-refractivity contribution in [3.8, 4) is 22.5 Å². The molecule has 0 unspecified atom stereocenters. The van der Waals surface area contributed by atoms with Crippen LogP contribution in [0.25, 0.3) is 22.5 Å². The standard InChI is InChI=1S/C39H44N4O4S/c1-24-5-9-26(10-6-24)27-13-15-28(16-14-27)30-20-40-35(41-21-30)29-11-7-25(8-12-29)19-32(37(45)43-22-31(23-43)38(46)47)42-36(44)33-17-18-34(48-33)39(2,3)4/h7-8,11-18,20-21,24,26,31-32H,5-6,9-10,19,22-23H2,1-4H3,(H,42,44)(H,46,47)/t24-,26-,32-/m0/s1. The highest BCUT2D eigenvalue weighted by Crippen LogP contribution is 2.36. The molecule has 9 heteroatoms. The third-order valence-electron chi connectivity index (χ3n) is 9.75. The normalized spacial score (nSPS) is 19.0. The summed E-state index contributed by atoms with van der Waals surface area (Å²) in [6.07, 6.45) is 9.12. The molecule has 3 heterocycles. The van der Waals surface area contributed by atoms with Gasteiger partial charge in [-0.1, -0.05) is 89.1 Å². The monoisotopic (exact) mass is 664 g/mol. The number of hydrogen-bond donors (Lipinski definition) is 2. The Hall–Kier alpha value is -4.37. The molecule has 0 spiro atoms.